The summed E-state index contributed by atoms with van der Waals surface area (Å²) in [5.41, 5.74) is 6.47. The number of primary amides is 1. The Morgan fingerprint density at radius 3 is 2.86 bits per heavy atom. The van der Waals surface area contributed by atoms with Crippen LogP contribution in [0.2, 0.25) is 0 Å². The Hall–Kier alpha value is -2.47. The van der Waals surface area contributed by atoms with E-state index in [-0.39, 0.29) is 18.9 Å². The van der Waals surface area contributed by atoms with Gasteiger partial charge in [0.15, 0.2) is 0 Å². The van der Waals surface area contributed by atoms with Crippen LogP contribution < -0.4 is 5.73 Å². The number of likely N-dealkylation sites (tertiary alicyclic amines) is 1. The third-order valence-corrected chi connectivity index (χ3v) is 3.71. The lowest BCUT2D eigenvalue weighted by atomic mass is 10.1. The Balaban J connectivity index is 1.94. The highest BCUT2D eigenvalue weighted by molar-refractivity contribution is 5.99. The molecule has 3 rings (SSSR count). The summed E-state index contributed by atoms with van der Waals surface area (Å²) in [5.74, 6) is -0.942. The van der Waals surface area contributed by atoms with E-state index in [1.165, 1.54) is 11.1 Å². The number of hydrogen-bond donors (Lipinski definition) is 2. The maximum Gasteiger partial charge on any atom is 0.256 e. The van der Waals surface area contributed by atoms with Crippen molar-refractivity contribution in [2.45, 2.75) is 18.6 Å². The molecule has 2 atom stereocenters. The molecule has 3 N–H and O–H groups in total. The van der Waals surface area contributed by atoms with Crippen LogP contribution in [0.5, 0.6) is 0 Å². The van der Waals surface area contributed by atoms with Gasteiger partial charge in [0.05, 0.1) is 17.2 Å². The summed E-state index contributed by atoms with van der Waals surface area (Å²) in [7, 11) is 0. The van der Waals surface area contributed by atoms with Crippen LogP contribution in [0, 0.1) is 0 Å². The molecule has 0 radical (unpaired) electrons. The Kier molecular flexibility index (Phi) is 3.31. The molecule has 108 valence electrons. The van der Waals surface area contributed by atoms with Gasteiger partial charge in [-0.3, -0.25) is 14.6 Å². The number of amides is 2. The lowest BCUT2D eigenvalue weighted by Crippen LogP contribution is -2.43. The van der Waals surface area contributed by atoms with Crippen molar-refractivity contribution in [3.05, 3.63) is 42.1 Å². The molecular weight excluding hydrogens is 270 g/mol. The van der Waals surface area contributed by atoms with E-state index in [0.29, 0.717) is 5.56 Å². The van der Waals surface area contributed by atoms with Crippen LogP contribution in [-0.2, 0) is 4.79 Å². The molecule has 0 saturated carbocycles. The maximum absolute atomic E-state index is 12.5. The zero-order valence-electron chi connectivity index (χ0n) is 11.3. The normalized spacial score (nSPS) is 21.7. The molecule has 6 nitrogen and oxygen atoms in total. The number of aromatic nitrogens is 1. The van der Waals surface area contributed by atoms with Gasteiger partial charge in [-0.2, -0.15) is 0 Å². The second-order valence-electron chi connectivity index (χ2n) is 5.18. The van der Waals surface area contributed by atoms with Crippen LogP contribution in [0.4, 0.5) is 0 Å². The van der Waals surface area contributed by atoms with Crippen molar-refractivity contribution in [3.8, 4) is 0 Å². The van der Waals surface area contributed by atoms with E-state index in [1.54, 1.807) is 6.07 Å². The number of aliphatic hydroxyl groups excluding tert-OH is 1. The van der Waals surface area contributed by atoms with Crippen LogP contribution in [0.25, 0.3) is 10.9 Å². The standard InChI is InChI=1S/C15H15N3O3/c16-14(20)13-6-11(19)8-18(13)15(21)10-5-9-3-1-2-4-12(9)17-7-10/h1-5,7,11,13,19H,6,8H2,(H2,16,20). The van der Waals surface area contributed by atoms with E-state index in [0.717, 1.165) is 10.9 Å². The summed E-state index contributed by atoms with van der Waals surface area (Å²) >= 11 is 0. The summed E-state index contributed by atoms with van der Waals surface area (Å²) in [6.07, 6.45) is 0.940. The number of benzene rings is 1. The smallest absolute Gasteiger partial charge is 0.256 e. The van der Waals surface area contributed by atoms with Crippen molar-refractivity contribution < 1.29 is 14.7 Å². The summed E-state index contributed by atoms with van der Waals surface area (Å²) < 4.78 is 0. The van der Waals surface area contributed by atoms with Crippen molar-refractivity contribution in [1.82, 2.24) is 9.88 Å². The molecule has 0 bridgehead atoms. The molecule has 0 spiro atoms. The summed E-state index contributed by atoms with van der Waals surface area (Å²) in [6.45, 7) is 0.110. The molecule has 2 unspecified atom stereocenters. The summed E-state index contributed by atoms with van der Waals surface area (Å²) in [5, 5.41) is 10.5. The van der Waals surface area contributed by atoms with E-state index in [9.17, 15) is 14.7 Å². The van der Waals surface area contributed by atoms with Crippen molar-refractivity contribution >= 4 is 22.7 Å². The van der Waals surface area contributed by atoms with Gasteiger partial charge >= 0.3 is 0 Å². The van der Waals surface area contributed by atoms with Crippen molar-refractivity contribution in [3.63, 3.8) is 0 Å². The number of β-amino-alcohol motifs (C(OH)–C–C–N with tert-alkyl or cyclic N) is 1. The number of pyridine rings is 1. The van der Waals surface area contributed by atoms with Crippen LogP contribution in [-0.4, -0.2) is 45.5 Å². The zero-order chi connectivity index (χ0) is 15.0. The van der Waals surface area contributed by atoms with Gasteiger partial charge in [0, 0.05) is 24.5 Å². The van der Waals surface area contributed by atoms with Gasteiger partial charge in [-0.1, -0.05) is 18.2 Å². The fourth-order valence-corrected chi connectivity index (χ4v) is 2.66. The highest BCUT2D eigenvalue weighted by atomic mass is 16.3. The monoisotopic (exact) mass is 285 g/mol. The molecule has 2 amide bonds. The molecule has 21 heavy (non-hydrogen) atoms. The quantitative estimate of drug-likeness (QED) is 0.829. The number of para-hydroxylation sites is 1. The first kappa shape index (κ1) is 13.5. The molecule has 2 aromatic rings. The largest absolute Gasteiger partial charge is 0.391 e. The predicted molar refractivity (Wildman–Crippen MR) is 76.4 cm³/mol. The van der Waals surface area contributed by atoms with Crippen molar-refractivity contribution in [2.75, 3.05) is 6.54 Å². The Labute approximate surface area is 121 Å². The first-order valence-corrected chi connectivity index (χ1v) is 6.69. The van der Waals surface area contributed by atoms with Crippen LogP contribution in [0.15, 0.2) is 36.5 Å². The number of nitrogens with zero attached hydrogens (tertiary/aromatic N) is 2. The molecule has 1 aliphatic rings. The molecule has 1 aliphatic heterocycles. The second-order valence-corrected chi connectivity index (χ2v) is 5.18. The Morgan fingerprint density at radius 1 is 1.33 bits per heavy atom. The number of aliphatic hydroxyl groups is 1. The highest BCUT2D eigenvalue weighted by Gasteiger charge is 2.38. The van der Waals surface area contributed by atoms with E-state index in [2.05, 4.69) is 4.98 Å². The number of hydrogen-bond acceptors (Lipinski definition) is 4. The Morgan fingerprint density at radius 2 is 2.10 bits per heavy atom. The number of carbonyl (C=O) groups is 2. The molecular formula is C15H15N3O3. The first-order valence-electron chi connectivity index (χ1n) is 6.69. The number of carbonyl (C=O) groups excluding carboxylic acids is 2. The van der Waals surface area contributed by atoms with Crippen LogP contribution >= 0.6 is 0 Å². The second kappa shape index (κ2) is 5.14. The average molecular weight is 285 g/mol. The van der Waals surface area contributed by atoms with E-state index in [1.807, 2.05) is 24.3 Å². The fourth-order valence-electron chi connectivity index (χ4n) is 2.66. The van der Waals surface area contributed by atoms with Gasteiger partial charge in [-0.05, 0) is 12.1 Å². The third kappa shape index (κ3) is 2.45. The first-order chi connectivity index (χ1) is 10.1. The average Bonchev–Trinajstić information content (AvgIpc) is 2.88. The lowest BCUT2D eigenvalue weighted by Gasteiger charge is -2.21. The molecule has 1 saturated heterocycles. The maximum atomic E-state index is 12.5. The molecule has 1 aromatic carbocycles. The number of nitrogens with two attached hydrogens (primary N) is 1. The van der Waals surface area contributed by atoms with Gasteiger partial charge in [-0.15, -0.1) is 0 Å². The van der Waals surface area contributed by atoms with Gasteiger partial charge in [0.1, 0.15) is 6.04 Å². The SMILES string of the molecule is NC(=O)C1CC(O)CN1C(=O)c1cnc2ccccc2c1. The van der Waals surface area contributed by atoms with Gasteiger partial charge in [0.25, 0.3) is 5.91 Å². The minimum atomic E-state index is -0.765. The molecule has 0 aliphatic carbocycles. The Bertz CT molecular complexity index is 716. The van der Waals surface area contributed by atoms with Gasteiger partial charge in [-0.25, -0.2) is 0 Å². The minimum Gasteiger partial charge on any atom is -0.391 e. The minimum absolute atomic E-state index is 0.110. The fraction of sp³-hybridized carbons (Fsp3) is 0.267. The molecule has 1 aromatic heterocycles. The van der Waals surface area contributed by atoms with Gasteiger partial charge in [0.2, 0.25) is 5.91 Å². The van der Waals surface area contributed by atoms with E-state index < -0.39 is 18.1 Å². The zero-order valence-corrected chi connectivity index (χ0v) is 11.3. The molecule has 6 heteroatoms. The highest BCUT2D eigenvalue weighted by Crippen LogP contribution is 2.21. The third-order valence-electron chi connectivity index (χ3n) is 3.71. The predicted octanol–water partition coefficient (Wildman–Crippen LogP) is 0.296. The van der Waals surface area contributed by atoms with E-state index in [4.69, 9.17) is 5.73 Å². The lowest BCUT2D eigenvalue weighted by molar-refractivity contribution is -0.121. The summed E-state index contributed by atoms with van der Waals surface area (Å²) in [4.78, 5) is 29.5. The van der Waals surface area contributed by atoms with Crippen molar-refractivity contribution in [1.29, 1.82) is 0 Å². The number of fused-ring (bicyclic) bond motifs is 1. The number of rotatable bonds is 2. The van der Waals surface area contributed by atoms with Crippen LogP contribution in [0.1, 0.15) is 16.8 Å². The van der Waals surface area contributed by atoms with Crippen LogP contribution in [0.3, 0.4) is 0 Å². The summed E-state index contributed by atoms with van der Waals surface area (Å²) in [6, 6.07) is 8.42. The molecule has 2 heterocycles. The van der Waals surface area contributed by atoms with Crippen molar-refractivity contribution in [2.24, 2.45) is 5.73 Å². The van der Waals surface area contributed by atoms with Gasteiger partial charge < -0.3 is 15.7 Å². The topological polar surface area (TPSA) is 96.5 Å². The van der Waals surface area contributed by atoms with E-state index >= 15 is 0 Å². The molecule has 1 fully saturated rings.